The van der Waals surface area contributed by atoms with Crippen LogP contribution in [-0.2, 0) is 25.6 Å². The van der Waals surface area contributed by atoms with Gasteiger partial charge in [-0.3, -0.25) is 14.4 Å². The predicted octanol–water partition coefficient (Wildman–Crippen LogP) is -0.365. The second kappa shape index (κ2) is 12.1. The maximum Gasteiger partial charge on any atom is 0.326 e. The molecule has 0 aliphatic carbocycles. The van der Waals surface area contributed by atoms with Gasteiger partial charge in [-0.2, -0.15) is 0 Å². The topological polar surface area (TPSA) is 187 Å². The molecular formula is C23H33N5O6. The minimum atomic E-state index is -1.32. The maximum atomic E-state index is 13.1. The number of aliphatic hydroxyl groups is 1. The number of aromatic nitrogens is 1. The number of amides is 3. The van der Waals surface area contributed by atoms with Crippen molar-refractivity contribution in [3.05, 3.63) is 36.0 Å². The van der Waals surface area contributed by atoms with Gasteiger partial charge in [0.2, 0.25) is 17.7 Å². The van der Waals surface area contributed by atoms with Gasteiger partial charge in [0, 0.05) is 23.5 Å². The third-order valence-corrected chi connectivity index (χ3v) is 5.77. The molecule has 5 atom stereocenters. The molecule has 1 aromatic heterocycles. The molecule has 11 nitrogen and oxygen atoms in total. The first-order valence-electron chi connectivity index (χ1n) is 11.1. The zero-order valence-electron chi connectivity index (χ0n) is 19.5. The Labute approximate surface area is 197 Å². The number of aliphatic hydroxyl groups excluding tert-OH is 1. The van der Waals surface area contributed by atoms with Crippen molar-refractivity contribution in [2.24, 2.45) is 11.7 Å². The number of carboxylic acids is 1. The number of fused-ring (bicyclic) bond motifs is 1. The fraction of sp³-hybridized carbons (Fsp3) is 0.478. The first-order valence-corrected chi connectivity index (χ1v) is 11.1. The molecule has 0 fully saturated rings. The number of aliphatic carboxylic acids is 1. The van der Waals surface area contributed by atoms with Crippen molar-refractivity contribution in [1.29, 1.82) is 0 Å². The highest BCUT2D eigenvalue weighted by Gasteiger charge is 2.33. The van der Waals surface area contributed by atoms with Crippen molar-refractivity contribution in [3.63, 3.8) is 0 Å². The summed E-state index contributed by atoms with van der Waals surface area (Å²) in [5.41, 5.74) is 6.84. The molecule has 0 radical (unpaired) electrons. The molecule has 186 valence electrons. The molecule has 0 bridgehead atoms. The van der Waals surface area contributed by atoms with Gasteiger partial charge >= 0.3 is 5.97 Å². The molecule has 2 rings (SSSR count). The zero-order chi connectivity index (χ0) is 25.4. The average Bonchev–Trinajstić information content (AvgIpc) is 3.22. The van der Waals surface area contributed by atoms with E-state index in [1.54, 1.807) is 13.1 Å². The summed E-state index contributed by atoms with van der Waals surface area (Å²) in [6.07, 6.45) is 1.00. The lowest BCUT2D eigenvalue weighted by Gasteiger charge is -2.28. The van der Waals surface area contributed by atoms with Crippen LogP contribution in [0, 0.1) is 5.92 Å². The first kappa shape index (κ1) is 26.8. The van der Waals surface area contributed by atoms with Gasteiger partial charge in [0.25, 0.3) is 0 Å². The molecule has 0 aliphatic rings. The number of rotatable bonds is 12. The van der Waals surface area contributed by atoms with E-state index in [0.29, 0.717) is 6.42 Å². The number of hydrogen-bond acceptors (Lipinski definition) is 6. The number of para-hydroxylation sites is 1. The lowest BCUT2D eigenvalue weighted by Crippen LogP contribution is -2.60. The van der Waals surface area contributed by atoms with Crippen LogP contribution in [0.2, 0.25) is 0 Å². The Balaban J connectivity index is 2.19. The number of H-pyrrole nitrogens is 1. The zero-order valence-corrected chi connectivity index (χ0v) is 19.5. The quantitative estimate of drug-likeness (QED) is 0.218. The second-order valence-corrected chi connectivity index (χ2v) is 8.32. The SMILES string of the molecule is CCC(C)C(NC(=O)C(NC(=O)CN)C(C)O)C(=O)NC(Cc1c[nH]c2ccccc12)C(=O)O. The van der Waals surface area contributed by atoms with Crippen LogP contribution in [0.3, 0.4) is 0 Å². The summed E-state index contributed by atoms with van der Waals surface area (Å²) < 4.78 is 0. The minimum absolute atomic E-state index is 0.0368. The molecule has 11 heteroatoms. The summed E-state index contributed by atoms with van der Waals surface area (Å²) >= 11 is 0. The summed E-state index contributed by atoms with van der Waals surface area (Å²) in [4.78, 5) is 52.5. The summed E-state index contributed by atoms with van der Waals surface area (Å²) in [6, 6.07) is 3.77. The normalized spacial score (nSPS) is 15.6. The summed E-state index contributed by atoms with van der Waals surface area (Å²) in [6.45, 7) is 4.50. The third kappa shape index (κ3) is 6.78. The first-order chi connectivity index (χ1) is 16.1. The van der Waals surface area contributed by atoms with E-state index in [9.17, 15) is 29.4 Å². The number of nitrogens with one attached hydrogen (secondary N) is 4. The van der Waals surface area contributed by atoms with Crippen LogP contribution in [-0.4, -0.2) is 69.7 Å². The van der Waals surface area contributed by atoms with E-state index in [0.717, 1.165) is 16.5 Å². The fourth-order valence-corrected chi connectivity index (χ4v) is 3.56. The van der Waals surface area contributed by atoms with Crippen LogP contribution in [0.5, 0.6) is 0 Å². The molecule has 2 aromatic rings. The van der Waals surface area contributed by atoms with E-state index in [-0.39, 0.29) is 18.9 Å². The van der Waals surface area contributed by atoms with Crippen LogP contribution in [0.1, 0.15) is 32.8 Å². The number of hydrogen-bond donors (Lipinski definition) is 7. The van der Waals surface area contributed by atoms with Crippen molar-refractivity contribution in [2.45, 2.75) is 57.8 Å². The number of carbonyl (C=O) groups excluding carboxylic acids is 3. The number of carboxylic acid groups (broad SMARTS) is 1. The number of carbonyl (C=O) groups is 4. The number of benzene rings is 1. The fourth-order valence-electron chi connectivity index (χ4n) is 3.56. The molecule has 1 aromatic carbocycles. The third-order valence-electron chi connectivity index (χ3n) is 5.77. The van der Waals surface area contributed by atoms with Crippen LogP contribution in [0.15, 0.2) is 30.5 Å². The van der Waals surface area contributed by atoms with E-state index in [4.69, 9.17) is 5.73 Å². The molecule has 1 heterocycles. The van der Waals surface area contributed by atoms with E-state index in [1.807, 2.05) is 31.2 Å². The van der Waals surface area contributed by atoms with E-state index >= 15 is 0 Å². The molecule has 8 N–H and O–H groups in total. The lowest BCUT2D eigenvalue weighted by atomic mass is 9.96. The molecular weight excluding hydrogens is 442 g/mol. The lowest BCUT2D eigenvalue weighted by molar-refractivity contribution is -0.142. The summed E-state index contributed by atoms with van der Waals surface area (Å²) in [5.74, 6) is -3.67. The van der Waals surface area contributed by atoms with Crippen molar-refractivity contribution < 1.29 is 29.4 Å². The van der Waals surface area contributed by atoms with Gasteiger partial charge in [0.1, 0.15) is 18.1 Å². The van der Waals surface area contributed by atoms with Gasteiger partial charge in [-0.15, -0.1) is 0 Å². The van der Waals surface area contributed by atoms with Gasteiger partial charge in [-0.1, -0.05) is 38.5 Å². The van der Waals surface area contributed by atoms with Crippen molar-refractivity contribution in [2.75, 3.05) is 6.54 Å². The van der Waals surface area contributed by atoms with Gasteiger partial charge in [0.15, 0.2) is 0 Å². The minimum Gasteiger partial charge on any atom is -0.480 e. The summed E-state index contributed by atoms with van der Waals surface area (Å²) in [5, 5.41) is 27.9. The largest absolute Gasteiger partial charge is 0.480 e. The standard InChI is InChI=1S/C23H33N5O6/c1-4-12(2)19(28-22(32)20(13(3)29)27-18(30)10-24)21(31)26-17(23(33)34)9-14-11-25-16-8-6-5-7-15(14)16/h5-8,11-13,17,19-20,25,29H,4,9-10,24H2,1-3H3,(H,26,31)(H,27,30)(H,28,32)(H,33,34). The van der Waals surface area contributed by atoms with E-state index in [2.05, 4.69) is 20.9 Å². The Kier molecular flexibility index (Phi) is 9.58. The van der Waals surface area contributed by atoms with Crippen molar-refractivity contribution in [1.82, 2.24) is 20.9 Å². The van der Waals surface area contributed by atoms with Crippen LogP contribution >= 0.6 is 0 Å². The average molecular weight is 476 g/mol. The smallest absolute Gasteiger partial charge is 0.326 e. The van der Waals surface area contributed by atoms with E-state index in [1.165, 1.54) is 6.92 Å². The van der Waals surface area contributed by atoms with Gasteiger partial charge in [-0.25, -0.2) is 4.79 Å². The van der Waals surface area contributed by atoms with E-state index < -0.39 is 47.9 Å². The Hall–Kier alpha value is -3.44. The van der Waals surface area contributed by atoms with Gasteiger partial charge < -0.3 is 36.9 Å². The Bertz CT molecular complexity index is 1020. The molecule has 0 spiro atoms. The van der Waals surface area contributed by atoms with Gasteiger partial charge in [0.05, 0.1) is 12.6 Å². The molecule has 0 saturated heterocycles. The predicted molar refractivity (Wildman–Crippen MR) is 126 cm³/mol. The molecule has 5 unspecified atom stereocenters. The Morgan fingerprint density at radius 1 is 1.03 bits per heavy atom. The molecule has 0 aliphatic heterocycles. The number of aromatic amines is 1. The molecule has 34 heavy (non-hydrogen) atoms. The highest BCUT2D eigenvalue weighted by molar-refractivity contribution is 5.94. The summed E-state index contributed by atoms with van der Waals surface area (Å²) in [7, 11) is 0. The second-order valence-electron chi connectivity index (χ2n) is 8.32. The highest BCUT2D eigenvalue weighted by Crippen LogP contribution is 2.19. The van der Waals surface area contributed by atoms with Crippen LogP contribution in [0.25, 0.3) is 10.9 Å². The number of nitrogens with two attached hydrogens (primary N) is 1. The monoisotopic (exact) mass is 475 g/mol. The van der Waals surface area contributed by atoms with Crippen molar-refractivity contribution >= 4 is 34.6 Å². The van der Waals surface area contributed by atoms with Crippen LogP contribution < -0.4 is 21.7 Å². The van der Waals surface area contributed by atoms with Crippen LogP contribution in [0.4, 0.5) is 0 Å². The van der Waals surface area contributed by atoms with Gasteiger partial charge in [-0.05, 0) is 24.5 Å². The van der Waals surface area contributed by atoms with Crippen molar-refractivity contribution in [3.8, 4) is 0 Å². The molecule has 0 saturated carbocycles. The Morgan fingerprint density at radius 3 is 2.26 bits per heavy atom. The Morgan fingerprint density at radius 2 is 1.68 bits per heavy atom. The highest BCUT2D eigenvalue weighted by atomic mass is 16.4. The maximum absolute atomic E-state index is 13.1. The molecule has 3 amide bonds.